The van der Waals surface area contributed by atoms with Crippen LogP contribution in [-0.2, 0) is 0 Å². The topological polar surface area (TPSA) is 48.1 Å². The summed E-state index contributed by atoms with van der Waals surface area (Å²) in [6.07, 6.45) is 14.1. The van der Waals surface area contributed by atoms with E-state index in [0.29, 0.717) is 71.5 Å². The molecular weight excluding hydrogens is 981 g/mol. The maximum Gasteiger partial charge on any atom is 0.0258 e. The first-order chi connectivity index (χ1) is 37.5. The zero-order valence-corrected chi connectivity index (χ0v) is 56.1. The Morgan fingerprint density at radius 2 is 0.432 bits per heavy atom. The van der Waals surface area contributed by atoms with Crippen molar-refractivity contribution in [1.82, 2.24) is 21.3 Å². The van der Waals surface area contributed by atoms with Gasteiger partial charge < -0.3 is 21.3 Å². The molecule has 0 bridgehead atoms. The second-order valence-corrected chi connectivity index (χ2v) is 26.8. The van der Waals surface area contributed by atoms with Crippen LogP contribution >= 0.6 is 0 Å². The molecule has 4 heteroatoms. The molecule has 81 heavy (non-hydrogen) atoms. The minimum absolute atomic E-state index is 0. The van der Waals surface area contributed by atoms with Crippen LogP contribution in [0.3, 0.4) is 0 Å². The molecule has 4 N–H and O–H groups in total. The first kappa shape index (κ1) is 76.7. The van der Waals surface area contributed by atoms with Crippen LogP contribution in [0.15, 0.2) is 144 Å². The Kier molecular flexibility index (Phi) is 40.2. The summed E-state index contributed by atoms with van der Waals surface area (Å²) in [6.45, 7) is 57.7. The molecule has 0 saturated heterocycles. The Labute approximate surface area is 503 Å². The molecule has 4 nitrogen and oxygen atoms in total. The highest BCUT2D eigenvalue weighted by molar-refractivity contribution is 5.28. The van der Waals surface area contributed by atoms with E-state index >= 15 is 0 Å². The van der Waals surface area contributed by atoms with E-state index in [1.54, 1.807) is 0 Å². The third kappa shape index (κ3) is 38.2. The summed E-state index contributed by atoms with van der Waals surface area (Å²) in [7, 11) is 0. The van der Waals surface area contributed by atoms with Gasteiger partial charge >= 0.3 is 0 Å². The van der Waals surface area contributed by atoms with Gasteiger partial charge in [0.05, 0.1) is 0 Å². The number of allylic oxidation sites excluding steroid dienone is 4. The van der Waals surface area contributed by atoms with Gasteiger partial charge in [0, 0.05) is 24.2 Å². The normalized spacial score (nSPS) is 14.0. The summed E-state index contributed by atoms with van der Waals surface area (Å²) in [5.41, 5.74) is 16.7. The average molecular weight is 1110 g/mol. The molecule has 0 amide bonds. The fourth-order valence-corrected chi connectivity index (χ4v) is 9.65. The van der Waals surface area contributed by atoms with Crippen molar-refractivity contribution in [2.24, 2.45) is 23.7 Å². The van der Waals surface area contributed by atoms with Gasteiger partial charge in [-0.15, -0.1) is 0 Å². The maximum atomic E-state index is 3.69. The molecule has 0 heterocycles. The fraction of sp³-hybridized carbons (Fsp3) is 0.584. The molecule has 4 rings (SSSR count). The van der Waals surface area contributed by atoms with Crippen molar-refractivity contribution in [3.63, 3.8) is 0 Å². The molecule has 4 aromatic rings. The molecule has 0 aliphatic heterocycles. The maximum absolute atomic E-state index is 3.69. The van der Waals surface area contributed by atoms with Crippen LogP contribution in [0.1, 0.15) is 240 Å². The minimum Gasteiger partial charge on any atom is -0.310 e. The summed E-state index contributed by atoms with van der Waals surface area (Å²) < 4.78 is 0. The van der Waals surface area contributed by atoms with E-state index in [4.69, 9.17) is 0 Å². The van der Waals surface area contributed by atoms with Gasteiger partial charge in [0.25, 0.3) is 0 Å². The Bertz CT molecular complexity index is 1970. The van der Waals surface area contributed by atoms with Gasteiger partial charge in [0.2, 0.25) is 0 Å². The van der Waals surface area contributed by atoms with Crippen LogP contribution in [0.25, 0.3) is 0 Å². The summed E-state index contributed by atoms with van der Waals surface area (Å²) in [6, 6.07) is 37.7. The van der Waals surface area contributed by atoms with E-state index in [2.05, 4.69) is 309 Å². The third-order valence-corrected chi connectivity index (χ3v) is 14.3. The predicted molar refractivity (Wildman–Crippen MR) is 368 cm³/mol. The van der Waals surface area contributed by atoms with Gasteiger partial charge in [0.15, 0.2) is 0 Å². The fourth-order valence-electron chi connectivity index (χ4n) is 9.65. The van der Waals surface area contributed by atoms with Crippen molar-refractivity contribution in [2.45, 2.75) is 247 Å². The second-order valence-electron chi connectivity index (χ2n) is 26.8. The highest BCUT2D eigenvalue weighted by Crippen LogP contribution is 2.26. The molecule has 0 aliphatic carbocycles. The zero-order chi connectivity index (χ0) is 60.5. The lowest BCUT2D eigenvalue weighted by molar-refractivity contribution is 0.468. The van der Waals surface area contributed by atoms with Crippen molar-refractivity contribution in [2.75, 3.05) is 26.2 Å². The van der Waals surface area contributed by atoms with E-state index in [0.717, 1.165) is 51.9 Å². The molecule has 0 fully saturated rings. The van der Waals surface area contributed by atoms with Crippen LogP contribution in [0, 0.1) is 51.4 Å². The molecule has 0 aromatic heterocycles. The standard InChI is InChI=1S/4C19H31N.CH4/c4*1-14(2)11-19(20-13-15(3)4)12-17(6)18-9-7-16(5)8-10-18;/h4*7-11,15,17,19-20H,12-13H2,1-6H3;1H4/t2*17-,19?;17-,19+;17-,19-;/m0000./s1. The van der Waals surface area contributed by atoms with E-state index in [-0.39, 0.29) is 7.43 Å². The van der Waals surface area contributed by atoms with Gasteiger partial charge in [0.1, 0.15) is 0 Å². The van der Waals surface area contributed by atoms with E-state index < -0.39 is 0 Å². The van der Waals surface area contributed by atoms with E-state index in [1.807, 2.05) is 0 Å². The number of benzene rings is 4. The molecule has 2 unspecified atom stereocenters. The van der Waals surface area contributed by atoms with E-state index in [9.17, 15) is 0 Å². The number of hydrogen-bond donors (Lipinski definition) is 4. The largest absolute Gasteiger partial charge is 0.310 e. The van der Waals surface area contributed by atoms with Crippen molar-refractivity contribution in [3.05, 3.63) is 188 Å². The number of nitrogens with one attached hydrogen (secondary N) is 4. The van der Waals surface area contributed by atoms with Crippen LogP contribution in [0.4, 0.5) is 0 Å². The first-order valence-corrected chi connectivity index (χ1v) is 31.3. The van der Waals surface area contributed by atoms with Crippen molar-refractivity contribution < 1.29 is 0 Å². The average Bonchev–Trinajstić information content (AvgIpc) is 3.36. The minimum atomic E-state index is 0. The van der Waals surface area contributed by atoms with Crippen molar-refractivity contribution >= 4 is 0 Å². The molecule has 8 atom stereocenters. The summed E-state index contributed by atoms with van der Waals surface area (Å²) >= 11 is 0. The Balaban J connectivity index is 0.00000105. The Morgan fingerprint density at radius 1 is 0.284 bits per heavy atom. The van der Waals surface area contributed by atoms with Gasteiger partial charge in [-0.05, 0) is 205 Å². The van der Waals surface area contributed by atoms with E-state index in [1.165, 1.54) is 66.8 Å². The van der Waals surface area contributed by atoms with Crippen molar-refractivity contribution in [3.8, 4) is 0 Å². The van der Waals surface area contributed by atoms with Crippen LogP contribution in [0.5, 0.6) is 0 Å². The number of aryl methyl sites for hydroxylation is 4. The lowest BCUT2D eigenvalue weighted by atomic mass is 9.92. The molecule has 0 aliphatic rings. The summed E-state index contributed by atoms with van der Waals surface area (Å²) in [4.78, 5) is 0. The van der Waals surface area contributed by atoms with Gasteiger partial charge in [-0.1, -0.05) is 256 Å². The molecule has 4 aromatic carbocycles. The zero-order valence-electron chi connectivity index (χ0n) is 56.1. The predicted octanol–water partition coefficient (Wildman–Crippen LogP) is 20.9. The van der Waals surface area contributed by atoms with Gasteiger partial charge in [-0.25, -0.2) is 0 Å². The quantitative estimate of drug-likeness (QED) is 0.0428. The Hall–Kier alpha value is -4.32. The highest BCUT2D eigenvalue weighted by Gasteiger charge is 2.17. The lowest BCUT2D eigenvalue weighted by Gasteiger charge is -2.22. The molecular formula is C77H128N4. The second kappa shape index (κ2) is 42.5. The molecule has 0 saturated carbocycles. The first-order valence-electron chi connectivity index (χ1n) is 31.3. The molecule has 0 radical (unpaired) electrons. The van der Waals surface area contributed by atoms with Crippen LogP contribution in [0.2, 0.25) is 0 Å². The monoisotopic (exact) mass is 1110 g/mol. The summed E-state index contributed by atoms with van der Waals surface area (Å²) in [5, 5.41) is 14.7. The third-order valence-electron chi connectivity index (χ3n) is 14.3. The van der Waals surface area contributed by atoms with Crippen LogP contribution < -0.4 is 21.3 Å². The highest BCUT2D eigenvalue weighted by atomic mass is 14.9. The molecule has 0 spiro atoms. The lowest BCUT2D eigenvalue weighted by Crippen LogP contribution is -2.32. The SMILES string of the molecule is C.CC(C)=CC(C[C@H](C)c1ccc(C)cc1)NCC(C)C.CC(C)=CC(C[C@H](C)c1ccc(C)cc1)NCC(C)C.CC(C)=C[C@@H](C[C@H](C)c1ccc(C)cc1)NCC(C)C.CC(C)=C[C@H](C[C@H](C)c1ccc(C)cc1)NCC(C)C. The van der Waals surface area contributed by atoms with Crippen LogP contribution in [-0.4, -0.2) is 50.3 Å². The Morgan fingerprint density at radius 3 is 0.556 bits per heavy atom. The summed E-state index contributed by atoms with van der Waals surface area (Å²) in [5.74, 6) is 5.09. The number of hydrogen-bond acceptors (Lipinski definition) is 4. The van der Waals surface area contributed by atoms with Gasteiger partial charge in [-0.3, -0.25) is 0 Å². The smallest absolute Gasteiger partial charge is 0.0258 e. The molecule has 456 valence electrons. The van der Waals surface area contributed by atoms with Gasteiger partial charge in [-0.2, -0.15) is 0 Å². The van der Waals surface area contributed by atoms with Crippen molar-refractivity contribution in [1.29, 1.82) is 0 Å². The number of rotatable bonds is 28.